The standard InChI is InChI=1S/C35H36Cl3FN4O4S/c36-24-6-4-23(5-7-24)30-31(47-17-1-14-41-29(45)20-44)33(48-32(30)27-11-8-25(37)18-28(27)38)34(46)43-15-12-35(21-40,13-16-43)42-19-22-2-9-26(39)10-3-22/h2-11,18,42,44H,1,12-17,19-21,40H2,(H,41,45). The molecule has 13 heteroatoms. The van der Waals surface area contributed by atoms with Crippen LogP contribution in [0.4, 0.5) is 4.39 Å². The summed E-state index contributed by atoms with van der Waals surface area (Å²) in [7, 11) is 0. The molecule has 0 atom stereocenters. The Morgan fingerprint density at radius 3 is 2.33 bits per heavy atom. The minimum absolute atomic E-state index is 0.181. The van der Waals surface area contributed by atoms with Crippen LogP contribution in [0, 0.1) is 5.82 Å². The molecule has 0 radical (unpaired) electrons. The van der Waals surface area contributed by atoms with Crippen LogP contribution >= 0.6 is 46.1 Å². The summed E-state index contributed by atoms with van der Waals surface area (Å²) in [6.45, 7) is 1.73. The summed E-state index contributed by atoms with van der Waals surface area (Å²) < 4.78 is 19.8. The third-order valence-electron chi connectivity index (χ3n) is 8.38. The minimum atomic E-state index is -0.598. The molecule has 5 rings (SSSR count). The number of carbonyl (C=O) groups is 2. The highest BCUT2D eigenvalue weighted by atomic mass is 35.5. The number of aliphatic hydroxyl groups is 1. The van der Waals surface area contributed by atoms with Gasteiger partial charge in [0.1, 0.15) is 17.3 Å². The first-order valence-electron chi connectivity index (χ1n) is 15.5. The molecular weight excluding hydrogens is 698 g/mol. The van der Waals surface area contributed by atoms with Crippen LogP contribution in [0.1, 0.15) is 34.5 Å². The van der Waals surface area contributed by atoms with Crippen molar-refractivity contribution in [1.29, 1.82) is 0 Å². The van der Waals surface area contributed by atoms with Gasteiger partial charge in [0.15, 0.2) is 5.75 Å². The van der Waals surface area contributed by atoms with Gasteiger partial charge < -0.3 is 31.1 Å². The van der Waals surface area contributed by atoms with Crippen LogP contribution < -0.4 is 21.1 Å². The summed E-state index contributed by atoms with van der Waals surface area (Å²) in [5.41, 5.74) is 9.00. The highest BCUT2D eigenvalue weighted by Crippen LogP contribution is 2.50. The lowest BCUT2D eigenvalue weighted by Gasteiger charge is -2.42. The van der Waals surface area contributed by atoms with Crippen molar-refractivity contribution in [3.05, 3.63) is 98.1 Å². The molecular formula is C35H36Cl3FN4O4S. The predicted molar refractivity (Wildman–Crippen MR) is 191 cm³/mol. The monoisotopic (exact) mass is 732 g/mol. The molecule has 5 N–H and O–H groups in total. The number of thiophene rings is 1. The number of benzene rings is 3. The number of amides is 2. The van der Waals surface area contributed by atoms with Gasteiger partial charge in [0.25, 0.3) is 5.91 Å². The van der Waals surface area contributed by atoms with Crippen LogP contribution in [0.3, 0.4) is 0 Å². The third kappa shape index (κ3) is 8.67. The van der Waals surface area contributed by atoms with Crippen LogP contribution in [-0.2, 0) is 11.3 Å². The van der Waals surface area contributed by atoms with Crippen molar-refractivity contribution in [2.75, 3.05) is 39.4 Å². The molecule has 0 unspecified atom stereocenters. The van der Waals surface area contributed by atoms with Gasteiger partial charge in [-0.25, -0.2) is 4.39 Å². The summed E-state index contributed by atoms with van der Waals surface area (Å²) in [5, 5.41) is 16.7. The van der Waals surface area contributed by atoms with Crippen molar-refractivity contribution in [1.82, 2.24) is 15.5 Å². The molecule has 1 fully saturated rings. The van der Waals surface area contributed by atoms with Gasteiger partial charge in [0.05, 0.1) is 11.6 Å². The smallest absolute Gasteiger partial charge is 0.267 e. The van der Waals surface area contributed by atoms with Gasteiger partial charge in [-0.3, -0.25) is 9.59 Å². The molecule has 0 spiro atoms. The second-order valence-electron chi connectivity index (χ2n) is 11.6. The first kappa shape index (κ1) is 36.1. The van der Waals surface area contributed by atoms with Gasteiger partial charge >= 0.3 is 0 Å². The molecule has 3 aromatic carbocycles. The first-order valence-corrected chi connectivity index (χ1v) is 17.5. The molecule has 4 aromatic rings. The maximum absolute atomic E-state index is 14.4. The van der Waals surface area contributed by atoms with E-state index in [1.165, 1.54) is 23.5 Å². The Kier molecular flexibility index (Phi) is 12.4. The number of nitrogens with one attached hydrogen (secondary N) is 2. The van der Waals surface area contributed by atoms with E-state index in [4.69, 9.17) is 50.4 Å². The number of carbonyl (C=O) groups excluding carboxylic acids is 2. The summed E-state index contributed by atoms with van der Waals surface area (Å²) in [5.74, 6) is -0.537. The van der Waals surface area contributed by atoms with E-state index in [1.54, 1.807) is 36.4 Å². The van der Waals surface area contributed by atoms with E-state index in [9.17, 15) is 14.0 Å². The topological polar surface area (TPSA) is 117 Å². The molecule has 8 nitrogen and oxygen atoms in total. The average Bonchev–Trinajstić information content (AvgIpc) is 3.46. The minimum Gasteiger partial charge on any atom is -0.491 e. The summed E-state index contributed by atoms with van der Waals surface area (Å²) in [6, 6.07) is 18.9. The van der Waals surface area contributed by atoms with Gasteiger partial charge in [0, 0.05) is 64.3 Å². The van der Waals surface area contributed by atoms with Gasteiger partial charge in [0.2, 0.25) is 5.91 Å². The number of ether oxygens (including phenoxy) is 1. The molecule has 0 aliphatic carbocycles. The lowest BCUT2D eigenvalue weighted by molar-refractivity contribution is -0.123. The number of piperidine rings is 1. The first-order chi connectivity index (χ1) is 23.1. The third-order valence-corrected chi connectivity index (χ3v) is 10.4. The van der Waals surface area contributed by atoms with Gasteiger partial charge in [-0.1, -0.05) is 65.1 Å². The van der Waals surface area contributed by atoms with Gasteiger partial charge in [-0.05, 0) is 66.8 Å². The fraction of sp³-hybridized carbons (Fsp3) is 0.314. The maximum atomic E-state index is 14.4. The molecule has 0 saturated carbocycles. The van der Waals surface area contributed by atoms with Crippen LogP contribution in [0.25, 0.3) is 21.6 Å². The molecule has 254 valence electrons. The number of nitrogens with two attached hydrogens (primary N) is 1. The van der Waals surface area contributed by atoms with Crippen LogP contribution in [0.5, 0.6) is 5.75 Å². The predicted octanol–water partition coefficient (Wildman–Crippen LogP) is 6.78. The second kappa shape index (κ2) is 16.5. The number of likely N-dealkylation sites (tertiary alicyclic amines) is 1. The Balaban J connectivity index is 1.45. The normalized spacial score (nSPS) is 14.2. The maximum Gasteiger partial charge on any atom is 0.267 e. The number of hydrogen-bond acceptors (Lipinski definition) is 7. The lowest BCUT2D eigenvalue weighted by atomic mass is 9.87. The van der Waals surface area contributed by atoms with Crippen molar-refractivity contribution in [2.45, 2.75) is 31.3 Å². The van der Waals surface area contributed by atoms with Gasteiger partial charge in [-0.2, -0.15) is 0 Å². The fourth-order valence-electron chi connectivity index (χ4n) is 5.59. The van der Waals surface area contributed by atoms with Crippen molar-refractivity contribution in [2.24, 2.45) is 5.73 Å². The fourth-order valence-corrected chi connectivity index (χ4v) is 7.55. The molecule has 1 aromatic heterocycles. The zero-order valence-corrected chi connectivity index (χ0v) is 29.1. The van der Waals surface area contributed by atoms with Crippen LogP contribution in [0.15, 0.2) is 66.7 Å². The van der Waals surface area contributed by atoms with Crippen molar-refractivity contribution < 1.29 is 23.8 Å². The Morgan fingerprint density at radius 1 is 1.00 bits per heavy atom. The Labute approximate surface area is 297 Å². The van der Waals surface area contributed by atoms with Crippen LogP contribution in [-0.4, -0.2) is 66.8 Å². The molecule has 1 aliphatic rings. The molecule has 48 heavy (non-hydrogen) atoms. The van der Waals surface area contributed by atoms with Crippen molar-refractivity contribution in [3.63, 3.8) is 0 Å². The summed E-state index contributed by atoms with van der Waals surface area (Å²) >= 11 is 20.5. The Morgan fingerprint density at radius 2 is 1.69 bits per heavy atom. The van der Waals surface area contributed by atoms with E-state index in [0.29, 0.717) is 82.3 Å². The highest BCUT2D eigenvalue weighted by molar-refractivity contribution is 7.18. The van der Waals surface area contributed by atoms with Crippen molar-refractivity contribution >= 4 is 58.0 Å². The molecule has 0 bridgehead atoms. The Bertz CT molecular complexity index is 1730. The zero-order valence-electron chi connectivity index (χ0n) is 26.0. The van der Waals surface area contributed by atoms with E-state index in [0.717, 1.165) is 16.0 Å². The largest absolute Gasteiger partial charge is 0.491 e. The highest BCUT2D eigenvalue weighted by Gasteiger charge is 2.37. The second-order valence-corrected chi connectivity index (χ2v) is 13.9. The van der Waals surface area contributed by atoms with Crippen molar-refractivity contribution in [3.8, 4) is 27.3 Å². The van der Waals surface area contributed by atoms with E-state index in [2.05, 4.69) is 10.6 Å². The zero-order chi connectivity index (χ0) is 34.3. The number of aliphatic hydroxyl groups excluding tert-OH is 1. The quantitative estimate of drug-likeness (QED) is 0.113. The number of rotatable bonds is 13. The molecule has 1 aliphatic heterocycles. The number of hydrogen-bond donors (Lipinski definition) is 4. The van der Waals surface area contributed by atoms with E-state index in [1.807, 2.05) is 23.1 Å². The molecule has 2 heterocycles. The van der Waals surface area contributed by atoms with Gasteiger partial charge in [-0.15, -0.1) is 11.3 Å². The van der Waals surface area contributed by atoms with Crippen LogP contribution in [0.2, 0.25) is 15.1 Å². The Hall–Kier alpha value is -3.22. The number of halogens is 4. The summed E-state index contributed by atoms with van der Waals surface area (Å²) in [6.07, 6.45) is 1.69. The van der Waals surface area contributed by atoms with E-state index >= 15 is 0 Å². The average molecular weight is 734 g/mol. The molecule has 2 amide bonds. The summed E-state index contributed by atoms with van der Waals surface area (Å²) in [4.78, 5) is 28.9. The lowest BCUT2D eigenvalue weighted by Crippen LogP contribution is -2.58. The van der Waals surface area contributed by atoms with E-state index in [-0.39, 0.29) is 30.4 Å². The molecule has 1 saturated heterocycles. The number of nitrogens with zero attached hydrogens (tertiary/aromatic N) is 1. The SMILES string of the molecule is NCC1(NCc2ccc(F)cc2)CCN(C(=O)c2sc(-c3ccc(Cl)cc3Cl)c(-c3ccc(Cl)cc3)c2OCCCNC(=O)CO)CC1. The van der Waals surface area contributed by atoms with E-state index < -0.39 is 12.5 Å².